The van der Waals surface area contributed by atoms with Crippen LogP contribution in [0.2, 0.25) is 5.02 Å². The number of carbonyl (C=O) groups is 1. The Morgan fingerprint density at radius 1 is 1.17 bits per heavy atom. The van der Waals surface area contributed by atoms with Crippen molar-refractivity contribution in [1.82, 2.24) is 9.62 Å². The maximum atomic E-state index is 12.9. The summed E-state index contributed by atoms with van der Waals surface area (Å²) in [5.74, 6) is 0.478. The van der Waals surface area contributed by atoms with Crippen LogP contribution >= 0.6 is 11.6 Å². The number of carbonyl (C=O) groups excluding carboxylic acids is 1. The van der Waals surface area contributed by atoms with Gasteiger partial charge in [0, 0.05) is 18.1 Å². The zero-order valence-electron chi connectivity index (χ0n) is 16.9. The number of hydrogen-bond acceptors (Lipinski definition) is 5. The Morgan fingerprint density at radius 3 is 2.47 bits per heavy atom. The molecule has 2 aromatic carbocycles. The van der Waals surface area contributed by atoms with Gasteiger partial charge in [-0.25, -0.2) is 8.42 Å². The lowest BCUT2D eigenvalue weighted by Crippen LogP contribution is -2.32. The van der Waals surface area contributed by atoms with Gasteiger partial charge in [0.1, 0.15) is 16.4 Å². The van der Waals surface area contributed by atoms with E-state index in [0.29, 0.717) is 13.1 Å². The van der Waals surface area contributed by atoms with Gasteiger partial charge in [0.2, 0.25) is 10.0 Å². The maximum absolute atomic E-state index is 12.9. The quantitative estimate of drug-likeness (QED) is 0.663. The molecule has 0 aliphatic carbocycles. The van der Waals surface area contributed by atoms with Crippen molar-refractivity contribution in [1.29, 1.82) is 0 Å². The molecule has 0 aromatic heterocycles. The third-order valence-electron chi connectivity index (χ3n) is 4.94. The summed E-state index contributed by atoms with van der Waals surface area (Å²) in [4.78, 5) is 12.3. The molecule has 7 nitrogen and oxygen atoms in total. The number of nitrogens with one attached hydrogen (secondary N) is 1. The Balaban J connectivity index is 1.67. The van der Waals surface area contributed by atoms with Gasteiger partial charge >= 0.3 is 0 Å². The molecule has 0 bridgehead atoms. The average Bonchev–Trinajstić information content (AvgIpc) is 3.28. The number of ether oxygens (including phenoxy) is 2. The molecule has 1 fully saturated rings. The van der Waals surface area contributed by atoms with Gasteiger partial charge in [-0.15, -0.1) is 0 Å². The number of hydrogen-bond donors (Lipinski definition) is 1. The van der Waals surface area contributed by atoms with Crippen LogP contribution in [-0.4, -0.2) is 45.4 Å². The molecule has 9 heteroatoms. The minimum atomic E-state index is -3.73. The van der Waals surface area contributed by atoms with E-state index in [9.17, 15) is 13.2 Å². The summed E-state index contributed by atoms with van der Waals surface area (Å²) in [6.45, 7) is 2.47. The first kappa shape index (κ1) is 22.4. The second kappa shape index (κ2) is 9.68. The highest BCUT2D eigenvalue weighted by Gasteiger charge is 2.30. The molecule has 1 saturated heterocycles. The van der Waals surface area contributed by atoms with Crippen LogP contribution in [0.1, 0.15) is 31.4 Å². The summed E-state index contributed by atoms with van der Waals surface area (Å²) < 4.78 is 38.0. The molecule has 3 rings (SSSR count). The van der Waals surface area contributed by atoms with Crippen molar-refractivity contribution in [2.75, 3.05) is 26.8 Å². The number of nitrogens with zero attached hydrogens (tertiary/aromatic N) is 1. The molecule has 0 radical (unpaired) electrons. The van der Waals surface area contributed by atoms with E-state index in [1.54, 1.807) is 7.11 Å². The lowest BCUT2D eigenvalue weighted by atomic mass is 10.1. The fraction of sp³-hybridized carbons (Fsp3) is 0.381. The SMILES string of the molecule is COc1ccc([C@@H](C)NC(=O)COc2ccc(Cl)cc2S(=O)(=O)N2CCCC2)cc1. The second-order valence-electron chi connectivity index (χ2n) is 7.05. The number of halogens is 1. The van der Waals surface area contributed by atoms with E-state index < -0.39 is 10.0 Å². The minimum Gasteiger partial charge on any atom is -0.497 e. The van der Waals surface area contributed by atoms with Crippen molar-refractivity contribution in [3.05, 3.63) is 53.1 Å². The number of methoxy groups -OCH3 is 1. The largest absolute Gasteiger partial charge is 0.497 e. The summed E-state index contributed by atoms with van der Waals surface area (Å²) in [5, 5.41) is 3.13. The third-order valence-corrected chi connectivity index (χ3v) is 7.10. The summed E-state index contributed by atoms with van der Waals surface area (Å²) in [5.41, 5.74) is 0.910. The van der Waals surface area contributed by atoms with Gasteiger partial charge in [-0.05, 0) is 55.7 Å². The second-order valence-corrected chi connectivity index (χ2v) is 9.40. The van der Waals surface area contributed by atoms with Crippen LogP contribution in [0.3, 0.4) is 0 Å². The summed E-state index contributed by atoms with van der Waals surface area (Å²) >= 11 is 6.02. The molecule has 1 amide bonds. The van der Waals surface area contributed by atoms with Gasteiger partial charge in [0.25, 0.3) is 5.91 Å². The molecule has 1 N–H and O–H groups in total. The van der Waals surface area contributed by atoms with Crippen molar-refractivity contribution >= 4 is 27.5 Å². The zero-order valence-corrected chi connectivity index (χ0v) is 18.5. The fourth-order valence-electron chi connectivity index (χ4n) is 3.27. The van der Waals surface area contributed by atoms with Crippen molar-refractivity contribution in [2.45, 2.75) is 30.7 Å². The Hall–Kier alpha value is -2.29. The van der Waals surface area contributed by atoms with Crippen LogP contribution < -0.4 is 14.8 Å². The molecule has 162 valence electrons. The van der Waals surface area contributed by atoms with Crippen molar-refractivity contribution in [2.24, 2.45) is 0 Å². The maximum Gasteiger partial charge on any atom is 0.258 e. The van der Waals surface area contributed by atoms with Gasteiger partial charge < -0.3 is 14.8 Å². The summed E-state index contributed by atoms with van der Waals surface area (Å²) in [6, 6.07) is 11.5. The van der Waals surface area contributed by atoms with Gasteiger partial charge in [-0.2, -0.15) is 4.31 Å². The molecule has 1 heterocycles. The minimum absolute atomic E-state index is 0.0205. The van der Waals surface area contributed by atoms with Crippen LogP contribution in [0.4, 0.5) is 0 Å². The van der Waals surface area contributed by atoms with Crippen molar-refractivity contribution in [3.8, 4) is 11.5 Å². The van der Waals surface area contributed by atoms with Crippen LogP contribution in [0.15, 0.2) is 47.4 Å². The summed E-state index contributed by atoms with van der Waals surface area (Å²) in [7, 11) is -2.14. The fourth-order valence-corrected chi connectivity index (χ4v) is 5.18. The highest BCUT2D eigenvalue weighted by molar-refractivity contribution is 7.89. The molecule has 1 atom stereocenters. The predicted molar refractivity (Wildman–Crippen MR) is 114 cm³/mol. The van der Waals surface area contributed by atoms with Crippen molar-refractivity contribution in [3.63, 3.8) is 0 Å². The first-order valence-corrected chi connectivity index (χ1v) is 11.5. The average molecular weight is 453 g/mol. The molecule has 0 spiro atoms. The Bertz CT molecular complexity index is 989. The van der Waals surface area contributed by atoms with Gasteiger partial charge in [-0.3, -0.25) is 4.79 Å². The molecular weight excluding hydrogens is 428 g/mol. The predicted octanol–water partition coefficient (Wildman–Crippen LogP) is 3.39. The van der Waals surface area contributed by atoms with E-state index in [4.69, 9.17) is 21.1 Å². The van der Waals surface area contributed by atoms with Crippen LogP contribution in [-0.2, 0) is 14.8 Å². The van der Waals surface area contributed by atoms with Crippen LogP contribution in [0, 0.1) is 0 Å². The molecule has 0 saturated carbocycles. The number of rotatable bonds is 8. The standard InChI is InChI=1S/C21H25ClN2O5S/c1-15(16-5-8-18(28-2)9-6-16)23-21(25)14-29-19-10-7-17(22)13-20(19)30(26,27)24-11-3-4-12-24/h5-10,13,15H,3-4,11-12,14H2,1-2H3,(H,23,25)/t15-/m1/s1. The Labute approximate surface area is 182 Å². The third kappa shape index (κ3) is 5.24. The van der Waals surface area contributed by atoms with Crippen LogP contribution in [0.25, 0.3) is 0 Å². The molecule has 30 heavy (non-hydrogen) atoms. The zero-order chi connectivity index (χ0) is 21.7. The molecule has 1 aliphatic heterocycles. The molecule has 1 aliphatic rings. The van der Waals surface area contributed by atoms with E-state index in [0.717, 1.165) is 24.2 Å². The van der Waals surface area contributed by atoms with Gasteiger partial charge in [0.15, 0.2) is 6.61 Å². The number of benzene rings is 2. The lowest BCUT2D eigenvalue weighted by molar-refractivity contribution is -0.123. The highest BCUT2D eigenvalue weighted by atomic mass is 35.5. The van der Waals surface area contributed by atoms with E-state index in [1.807, 2.05) is 31.2 Å². The molecule has 2 aromatic rings. The first-order valence-electron chi connectivity index (χ1n) is 9.67. The van der Waals surface area contributed by atoms with E-state index in [2.05, 4.69) is 5.32 Å². The first-order chi connectivity index (χ1) is 14.3. The van der Waals surface area contributed by atoms with Crippen molar-refractivity contribution < 1.29 is 22.7 Å². The highest BCUT2D eigenvalue weighted by Crippen LogP contribution is 2.31. The molecule has 0 unspecified atom stereocenters. The summed E-state index contributed by atoms with van der Waals surface area (Å²) in [6.07, 6.45) is 1.64. The Kier molecular flexibility index (Phi) is 7.23. The van der Waals surface area contributed by atoms with Gasteiger partial charge in [0.05, 0.1) is 13.2 Å². The monoisotopic (exact) mass is 452 g/mol. The topological polar surface area (TPSA) is 84.9 Å². The van der Waals surface area contributed by atoms with E-state index >= 15 is 0 Å². The van der Waals surface area contributed by atoms with E-state index in [-0.39, 0.29) is 34.2 Å². The number of sulfonamides is 1. The molecular formula is C21H25ClN2O5S. The Morgan fingerprint density at radius 2 is 1.83 bits per heavy atom. The van der Waals surface area contributed by atoms with E-state index in [1.165, 1.54) is 22.5 Å². The van der Waals surface area contributed by atoms with Crippen LogP contribution in [0.5, 0.6) is 11.5 Å². The van der Waals surface area contributed by atoms with Gasteiger partial charge in [-0.1, -0.05) is 23.7 Å². The lowest BCUT2D eigenvalue weighted by Gasteiger charge is -2.19. The normalized spacial score (nSPS) is 15.6. The smallest absolute Gasteiger partial charge is 0.258 e. The number of amides is 1.